The van der Waals surface area contributed by atoms with E-state index in [0.717, 1.165) is 29.8 Å². The van der Waals surface area contributed by atoms with Gasteiger partial charge in [0.05, 0.1) is 0 Å². The zero-order chi connectivity index (χ0) is 28.6. The van der Waals surface area contributed by atoms with Crippen molar-refractivity contribution >= 4 is 29.6 Å². The second kappa shape index (κ2) is 14.2. The molecule has 4 aliphatic rings. The molecule has 8 heteroatoms. The van der Waals surface area contributed by atoms with Gasteiger partial charge in [0.1, 0.15) is 6.29 Å². The average molecular weight is 541 g/mol. The average Bonchev–Trinajstić information content (AvgIpc) is 2.87. The zero-order valence-corrected chi connectivity index (χ0v) is 24.6. The van der Waals surface area contributed by atoms with Crippen LogP contribution in [-0.4, -0.2) is 74.6 Å². The summed E-state index contributed by atoms with van der Waals surface area (Å²) in [5.41, 5.74) is 3.86. The Morgan fingerprint density at radius 2 is 1.82 bits per heavy atom. The highest BCUT2D eigenvalue weighted by Crippen LogP contribution is 2.43. The molecular formula is C31H48N4O4. The summed E-state index contributed by atoms with van der Waals surface area (Å²) in [6.07, 6.45) is 5.53. The molecule has 2 unspecified atom stereocenters. The van der Waals surface area contributed by atoms with Gasteiger partial charge in [0.15, 0.2) is 5.78 Å². The van der Waals surface area contributed by atoms with Crippen LogP contribution in [0.2, 0.25) is 0 Å². The van der Waals surface area contributed by atoms with Crippen molar-refractivity contribution in [2.24, 2.45) is 23.2 Å². The predicted molar refractivity (Wildman–Crippen MR) is 155 cm³/mol. The number of hydrogen-bond acceptors (Lipinski definition) is 7. The molecule has 4 aliphatic heterocycles. The fourth-order valence-corrected chi connectivity index (χ4v) is 5.69. The molecule has 1 aromatic carbocycles. The number of hydrogen-bond donors (Lipinski definition) is 2. The number of Topliss-reactive ketones (excluding diaryl/α,β-unsaturated/α-hetero) is 1. The Labute approximate surface area is 234 Å². The number of benzene rings is 1. The summed E-state index contributed by atoms with van der Waals surface area (Å²) < 4.78 is 0. The molecule has 0 radical (unpaired) electrons. The first kappa shape index (κ1) is 31.0. The van der Waals surface area contributed by atoms with E-state index in [2.05, 4.69) is 52.5 Å². The van der Waals surface area contributed by atoms with E-state index in [4.69, 9.17) is 4.79 Å². The van der Waals surface area contributed by atoms with Gasteiger partial charge in [0.2, 0.25) is 11.8 Å². The maximum atomic E-state index is 12.5. The number of carbonyl (C=O) groups excluding carboxylic acids is 4. The van der Waals surface area contributed by atoms with Crippen molar-refractivity contribution in [2.75, 3.05) is 50.7 Å². The number of amides is 2. The van der Waals surface area contributed by atoms with Crippen LogP contribution in [0.15, 0.2) is 18.2 Å². The van der Waals surface area contributed by atoms with Gasteiger partial charge < -0.3 is 19.9 Å². The van der Waals surface area contributed by atoms with E-state index in [1.807, 2.05) is 13.8 Å². The molecule has 0 saturated carbocycles. The third kappa shape index (κ3) is 8.21. The Balaban J connectivity index is 0.000000293. The van der Waals surface area contributed by atoms with E-state index in [1.54, 1.807) is 0 Å². The number of nitrogens with zero attached hydrogens (tertiary/aromatic N) is 2. The summed E-state index contributed by atoms with van der Waals surface area (Å²) in [6.45, 7) is 18.1. The molecule has 8 nitrogen and oxygen atoms in total. The summed E-state index contributed by atoms with van der Waals surface area (Å²) in [7, 11) is 0. The lowest BCUT2D eigenvalue weighted by Gasteiger charge is -2.55. The molecule has 2 atom stereocenters. The fourth-order valence-electron chi connectivity index (χ4n) is 5.69. The van der Waals surface area contributed by atoms with Crippen LogP contribution in [0.25, 0.3) is 0 Å². The van der Waals surface area contributed by atoms with E-state index in [9.17, 15) is 14.4 Å². The van der Waals surface area contributed by atoms with E-state index >= 15 is 0 Å². The normalized spacial score (nSPS) is 23.2. The Bertz CT molecular complexity index is 1010. The van der Waals surface area contributed by atoms with Crippen molar-refractivity contribution in [1.29, 1.82) is 0 Å². The largest absolute Gasteiger partial charge is 0.370 e. The summed E-state index contributed by atoms with van der Waals surface area (Å²) in [5.74, 6) is 1.03. The minimum Gasteiger partial charge on any atom is -0.370 e. The highest BCUT2D eigenvalue weighted by Gasteiger charge is 2.45. The number of imide groups is 1. The lowest BCUT2D eigenvalue weighted by Crippen LogP contribution is -2.61. The van der Waals surface area contributed by atoms with E-state index < -0.39 is 0 Å². The summed E-state index contributed by atoms with van der Waals surface area (Å²) >= 11 is 0. The van der Waals surface area contributed by atoms with Gasteiger partial charge in [-0.1, -0.05) is 20.8 Å². The smallest absolute Gasteiger partial charge is 0.229 e. The predicted octanol–water partition coefficient (Wildman–Crippen LogP) is 3.61. The van der Waals surface area contributed by atoms with Crippen LogP contribution in [0.3, 0.4) is 0 Å². The number of aryl methyl sites for hydroxylation is 1. The van der Waals surface area contributed by atoms with Crippen LogP contribution in [0, 0.1) is 30.1 Å². The Hall–Kier alpha value is -2.58. The van der Waals surface area contributed by atoms with Crippen LogP contribution in [-0.2, 0) is 14.4 Å². The molecule has 2 N–H and O–H groups in total. The van der Waals surface area contributed by atoms with E-state index in [0.29, 0.717) is 18.3 Å². The summed E-state index contributed by atoms with van der Waals surface area (Å²) in [6, 6.07) is 6.44. The minimum absolute atomic E-state index is 0.0164. The second-order valence-electron chi connectivity index (χ2n) is 11.9. The molecule has 4 saturated heterocycles. The number of aldehydes is 1. The van der Waals surface area contributed by atoms with Crippen molar-refractivity contribution in [3.05, 3.63) is 29.3 Å². The number of piperidine rings is 2. The topological polar surface area (TPSA) is 98.8 Å². The first-order chi connectivity index (χ1) is 18.6. The quantitative estimate of drug-likeness (QED) is 0.323. The van der Waals surface area contributed by atoms with Crippen molar-refractivity contribution in [3.63, 3.8) is 0 Å². The van der Waals surface area contributed by atoms with Crippen LogP contribution in [0.5, 0.6) is 0 Å². The van der Waals surface area contributed by atoms with Crippen molar-refractivity contribution < 1.29 is 19.2 Å². The van der Waals surface area contributed by atoms with Gasteiger partial charge in [-0.3, -0.25) is 19.7 Å². The standard InChI is InChI=1S/C23H35N3O.C6H9NO2.C2H4O/c1-4-17(2)22(27)21-6-5-20(11-18(21)3)26-15-23(16-26)7-9-25(10-8-23)14-19-12-24-13-19;1-4-2-3-5(8)7-6(4)9;1-2-3/h5-6,11,17,19,24H,4,7-10,12-16H2,1-3H3;4H,2-3H2,1H3,(H,7,8,9);2H,1H3. The van der Waals surface area contributed by atoms with Gasteiger partial charge in [-0.15, -0.1) is 0 Å². The molecule has 4 heterocycles. The number of anilines is 1. The van der Waals surface area contributed by atoms with E-state index in [1.165, 1.54) is 71.3 Å². The minimum atomic E-state index is -0.141. The van der Waals surface area contributed by atoms with Crippen molar-refractivity contribution in [1.82, 2.24) is 15.5 Å². The third-order valence-electron chi connectivity index (χ3n) is 8.77. The summed E-state index contributed by atoms with van der Waals surface area (Å²) in [5, 5.41) is 5.63. The van der Waals surface area contributed by atoms with Gasteiger partial charge in [-0.2, -0.15) is 0 Å². The third-order valence-corrected chi connectivity index (χ3v) is 8.77. The maximum Gasteiger partial charge on any atom is 0.229 e. The van der Waals surface area contributed by atoms with E-state index in [-0.39, 0.29) is 29.4 Å². The molecule has 0 aromatic heterocycles. The molecule has 2 amide bonds. The lowest BCUT2D eigenvalue weighted by molar-refractivity contribution is -0.135. The first-order valence-corrected chi connectivity index (χ1v) is 14.7. The van der Waals surface area contributed by atoms with Gasteiger partial charge in [-0.25, -0.2) is 0 Å². The molecule has 0 aliphatic carbocycles. The molecule has 5 rings (SSSR count). The van der Waals surface area contributed by atoms with Gasteiger partial charge in [0.25, 0.3) is 0 Å². The molecular weight excluding hydrogens is 492 g/mol. The van der Waals surface area contributed by atoms with Gasteiger partial charge in [-0.05, 0) is 82.3 Å². The SMILES string of the molecule is CC1CCC(=O)NC1=O.CC=O.CCC(C)C(=O)c1ccc(N2CC3(CCN(CC4CNC4)CC3)C2)cc1C. The fraction of sp³-hybridized carbons (Fsp3) is 0.677. The first-order valence-electron chi connectivity index (χ1n) is 14.7. The number of ketones is 1. The number of rotatable bonds is 6. The molecule has 216 valence electrons. The Kier molecular flexibility index (Phi) is 11.2. The number of nitrogens with one attached hydrogen (secondary N) is 2. The Morgan fingerprint density at radius 3 is 2.31 bits per heavy atom. The molecule has 39 heavy (non-hydrogen) atoms. The van der Waals surface area contributed by atoms with Gasteiger partial charge >= 0.3 is 0 Å². The maximum absolute atomic E-state index is 12.5. The number of likely N-dealkylation sites (tertiary alicyclic amines) is 1. The van der Waals surface area contributed by atoms with Crippen LogP contribution in [0.1, 0.15) is 75.7 Å². The lowest BCUT2D eigenvalue weighted by atomic mass is 9.71. The highest BCUT2D eigenvalue weighted by atomic mass is 16.2. The number of carbonyl (C=O) groups is 4. The van der Waals surface area contributed by atoms with Gasteiger partial charge in [0, 0.05) is 67.6 Å². The van der Waals surface area contributed by atoms with Crippen molar-refractivity contribution in [3.8, 4) is 0 Å². The van der Waals surface area contributed by atoms with Crippen LogP contribution >= 0.6 is 0 Å². The Morgan fingerprint density at radius 1 is 1.18 bits per heavy atom. The monoisotopic (exact) mass is 540 g/mol. The molecule has 4 fully saturated rings. The van der Waals surface area contributed by atoms with Crippen LogP contribution < -0.4 is 15.5 Å². The summed E-state index contributed by atoms with van der Waals surface area (Å²) in [4.78, 5) is 47.7. The second-order valence-corrected chi connectivity index (χ2v) is 11.9. The van der Waals surface area contributed by atoms with Crippen LogP contribution in [0.4, 0.5) is 5.69 Å². The van der Waals surface area contributed by atoms with Crippen molar-refractivity contribution in [2.45, 2.75) is 66.7 Å². The highest BCUT2D eigenvalue weighted by molar-refractivity contribution is 5.99. The zero-order valence-electron chi connectivity index (χ0n) is 24.6. The molecule has 0 bridgehead atoms. The molecule has 1 spiro atoms. The molecule has 1 aromatic rings.